The van der Waals surface area contributed by atoms with Crippen molar-refractivity contribution >= 4 is 0 Å². The van der Waals surface area contributed by atoms with Gasteiger partial charge < -0.3 is 14.6 Å². The molecule has 0 saturated heterocycles. The standard InChI is InChI=1S/C23H36O3/c1-3-5-7-9-11-13-15-25-22-17-21(20-24)18-23(19-22)26-16-14-12-10-8-6-4-2/h13-19,24H,3-12,20H2,1-2H3/b15-13+,16-14+. The van der Waals surface area contributed by atoms with Crippen LogP contribution in [-0.2, 0) is 6.61 Å². The van der Waals surface area contributed by atoms with E-state index in [0.29, 0.717) is 11.5 Å². The van der Waals surface area contributed by atoms with E-state index in [1.807, 2.05) is 18.2 Å². The molecule has 1 N–H and O–H groups in total. The first-order chi connectivity index (χ1) is 12.8. The van der Waals surface area contributed by atoms with Crippen molar-refractivity contribution in [3.63, 3.8) is 0 Å². The zero-order valence-corrected chi connectivity index (χ0v) is 16.6. The molecule has 0 radical (unpaired) electrons. The van der Waals surface area contributed by atoms with Crippen LogP contribution in [0.25, 0.3) is 0 Å². The fourth-order valence-electron chi connectivity index (χ4n) is 2.63. The van der Waals surface area contributed by atoms with Crippen LogP contribution in [0.3, 0.4) is 0 Å². The Bertz CT molecular complexity index is 478. The molecule has 1 aromatic rings. The van der Waals surface area contributed by atoms with Crippen LogP contribution < -0.4 is 9.47 Å². The van der Waals surface area contributed by atoms with Crippen molar-refractivity contribution < 1.29 is 14.6 Å². The third-order valence-electron chi connectivity index (χ3n) is 4.17. The van der Waals surface area contributed by atoms with Crippen molar-refractivity contribution in [2.45, 2.75) is 84.7 Å². The van der Waals surface area contributed by atoms with E-state index in [0.717, 1.165) is 18.4 Å². The first-order valence-corrected chi connectivity index (χ1v) is 10.2. The van der Waals surface area contributed by atoms with E-state index in [9.17, 15) is 5.11 Å². The molecule has 3 heteroatoms. The fourth-order valence-corrected chi connectivity index (χ4v) is 2.63. The molecule has 0 spiro atoms. The van der Waals surface area contributed by atoms with Crippen molar-refractivity contribution in [1.29, 1.82) is 0 Å². The van der Waals surface area contributed by atoms with Gasteiger partial charge in [0.2, 0.25) is 0 Å². The molecular formula is C23H36O3. The highest BCUT2D eigenvalue weighted by molar-refractivity contribution is 5.39. The molecule has 0 atom stereocenters. The minimum atomic E-state index is -0.0327. The number of allylic oxidation sites excluding steroid dienone is 2. The molecule has 0 aromatic heterocycles. The molecule has 0 fully saturated rings. The highest BCUT2D eigenvalue weighted by atomic mass is 16.5. The summed E-state index contributed by atoms with van der Waals surface area (Å²) in [6, 6.07) is 5.52. The third kappa shape index (κ3) is 11.0. The summed E-state index contributed by atoms with van der Waals surface area (Å²) in [7, 11) is 0. The second-order valence-corrected chi connectivity index (χ2v) is 6.65. The van der Waals surface area contributed by atoms with E-state index < -0.39 is 0 Å². The Labute approximate surface area is 159 Å². The Kier molecular flexibility index (Phi) is 13.3. The van der Waals surface area contributed by atoms with Gasteiger partial charge in [0.05, 0.1) is 19.1 Å². The fraction of sp³-hybridized carbons (Fsp3) is 0.565. The van der Waals surface area contributed by atoms with E-state index >= 15 is 0 Å². The molecule has 26 heavy (non-hydrogen) atoms. The number of hydrogen-bond acceptors (Lipinski definition) is 3. The Morgan fingerprint density at radius 2 is 1.23 bits per heavy atom. The van der Waals surface area contributed by atoms with E-state index in [4.69, 9.17) is 9.47 Å². The van der Waals surface area contributed by atoms with Gasteiger partial charge in [0.25, 0.3) is 0 Å². The predicted molar refractivity (Wildman–Crippen MR) is 109 cm³/mol. The van der Waals surface area contributed by atoms with Gasteiger partial charge in [0.1, 0.15) is 11.5 Å². The number of rotatable bonds is 15. The van der Waals surface area contributed by atoms with Crippen molar-refractivity contribution in [1.82, 2.24) is 0 Å². The normalized spacial score (nSPS) is 11.5. The summed E-state index contributed by atoms with van der Waals surface area (Å²) in [6.45, 7) is 4.40. The Hall–Kier alpha value is -1.74. The minimum Gasteiger partial charge on any atom is -0.465 e. The van der Waals surface area contributed by atoms with Gasteiger partial charge in [-0.15, -0.1) is 0 Å². The summed E-state index contributed by atoms with van der Waals surface area (Å²) < 4.78 is 11.3. The van der Waals surface area contributed by atoms with Gasteiger partial charge in [-0.1, -0.05) is 52.4 Å². The van der Waals surface area contributed by atoms with Crippen LogP contribution in [0.5, 0.6) is 11.5 Å². The number of ether oxygens (including phenoxy) is 2. The highest BCUT2D eigenvalue weighted by Gasteiger charge is 2.01. The van der Waals surface area contributed by atoms with Crippen molar-refractivity contribution in [2.24, 2.45) is 0 Å². The summed E-state index contributed by atoms with van der Waals surface area (Å²) in [6.07, 6.45) is 19.7. The van der Waals surface area contributed by atoms with Crippen molar-refractivity contribution in [3.8, 4) is 11.5 Å². The van der Waals surface area contributed by atoms with Crippen LogP contribution >= 0.6 is 0 Å². The predicted octanol–water partition coefficient (Wildman–Crippen LogP) is 6.90. The van der Waals surface area contributed by atoms with Crippen LogP contribution in [0.1, 0.15) is 83.6 Å². The number of benzene rings is 1. The lowest BCUT2D eigenvalue weighted by molar-refractivity contribution is 0.280. The topological polar surface area (TPSA) is 38.7 Å². The molecule has 146 valence electrons. The molecule has 0 bridgehead atoms. The maximum absolute atomic E-state index is 9.42. The van der Waals surface area contributed by atoms with Gasteiger partial charge in [0, 0.05) is 6.07 Å². The SMILES string of the molecule is CCCCCC/C=C/Oc1cc(CO)cc(O/C=C/CCCCCC)c1. The van der Waals surface area contributed by atoms with Crippen molar-refractivity contribution in [3.05, 3.63) is 48.4 Å². The van der Waals surface area contributed by atoms with Crippen LogP contribution in [-0.4, -0.2) is 5.11 Å². The number of aliphatic hydroxyl groups is 1. The van der Waals surface area contributed by atoms with Crippen LogP contribution in [0.15, 0.2) is 42.9 Å². The van der Waals surface area contributed by atoms with Gasteiger partial charge in [0.15, 0.2) is 0 Å². The summed E-state index contributed by atoms with van der Waals surface area (Å²) in [5, 5.41) is 9.42. The molecule has 1 rings (SSSR count). The summed E-state index contributed by atoms with van der Waals surface area (Å²) in [4.78, 5) is 0. The lowest BCUT2D eigenvalue weighted by Gasteiger charge is -2.07. The van der Waals surface area contributed by atoms with Crippen LogP contribution in [0, 0.1) is 0 Å². The Morgan fingerprint density at radius 1 is 0.731 bits per heavy atom. The highest BCUT2D eigenvalue weighted by Crippen LogP contribution is 2.24. The van der Waals surface area contributed by atoms with Gasteiger partial charge >= 0.3 is 0 Å². The smallest absolute Gasteiger partial charge is 0.130 e. The molecule has 0 aliphatic heterocycles. The molecule has 0 aliphatic carbocycles. The van der Waals surface area contributed by atoms with E-state index in [1.165, 1.54) is 51.4 Å². The molecule has 0 aliphatic rings. The van der Waals surface area contributed by atoms with E-state index in [2.05, 4.69) is 26.0 Å². The molecule has 0 unspecified atom stereocenters. The van der Waals surface area contributed by atoms with Crippen LogP contribution in [0.4, 0.5) is 0 Å². The van der Waals surface area contributed by atoms with Gasteiger partial charge in [-0.25, -0.2) is 0 Å². The van der Waals surface area contributed by atoms with Crippen molar-refractivity contribution in [2.75, 3.05) is 0 Å². The largest absolute Gasteiger partial charge is 0.465 e. The quantitative estimate of drug-likeness (QED) is 0.273. The molecular weight excluding hydrogens is 324 g/mol. The Balaban J connectivity index is 2.43. The molecule has 0 saturated carbocycles. The first kappa shape index (κ1) is 22.3. The second-order valence-electron chi connectivity index (χ2n) is 6.65. The molecule has 3 nitrogen and oxygen atoms in total. The van der Waals surface area contributed by atoms with Gasteiger partial charge in [-0.2, -0.15) is 0 Å². The summed E-state index contributed by atoms with van der Waals surface area (Å²) in [5.41, 5.74) is 0.783. The molecule has 1 aromatic carbocycles. The monoisotopic (exact) mass is 360 g/mol. The first-order valence-electron chi connectivity index (χ1n) is 10.2. The lowest BCUT2D eigenvalue weighted by Crippen LogP contribution is -1.90. The number of hydrogen-bond donors (Lipinski definition) is 1. The zero-order chi connectivity index (χ0) is 18.9. The average Bonchev–Trinajstić information content (AvgIpc) is 2.66. The van der Waals surface area contributed by atoms with E-state index in [1.54, 1.807) is 12.5 Å². The maximum atomic E-state index is 9.42. The summed E-state index contributed by atoms with van der Waals surface area (Å²) in [5.74, 6) is 1.38. The molecule has 0 heterocycles. The third-order valence-corrected chi connectivity index (χ3v) is 4.17. The molecule has 0 amide bonds. The average molecular weight is 361 g/mol. The van der Waals surface area contributed by atoms with Gasteiger partial charge in [-0.3, -0.25) is 0 Å². The second kappa shape index (κ2) is 15.5. The zero-order valence-electron chi connectivity index (χ0n) is 16.6. The maximum Gasteiger partial charge on any atom is 0.130 e. The number of aliphatic hydroxyl groups excluding tert-OH is 1. The number of unbranched alkanes of at least 4 members (excludes halogenated alkanes) is 8. The minimum absolute atomic E-state index is 0.0327. The van der Waals surface area contributed by atoms with Crippen LogP contribution in [0.2, 0.25) is 0 Å². The van der Waals surface area contributed by atoms with E-state index in [-0.39, 0.29) is 6.61 Å². The van der Waals surface area contributed by atoms with Gasteiger partial charge in [-0.05, 0) is 55.5 Å². The Morgan fingerprint density at radius 3 is 1.65 bits per heavy atom. The summed E-state index contributed by atoms with van der Waals surface area (Å²) >= 11 is 0. The lowest BCUT2D eigenvalue weighted by atomic mass is 10.1.